The van der Waals surface area contributed by atoms with Crippen LogP contribution in [0.2, 0.25) is 0 Å². The van der Waals surface area contributed by atoms with Crippen molar-refractivity contribution < 1.29 is 14.7 Å². The molecular formula is C31H32N4O3. The lowest BCUT2D eigenvalue weighted by Crippen LogP contribution is -2.49. The van der Waals surface area contributed by atoms with E-state index in [1.807, 2.05) is 41.3 Å². The smallest absolute Gasteiger partial charge is 0.300 e. The third-order valence-electron chi connectivity index (χ3n) is 6.45. The highest BCUT2D eigenvalue weighted by atomic mass is 16.4. The van der Waals surface area contributed by atoms with Crippen LogP contribution in [0.5, 0.6) is 0 Å². The highest BCUT2D eigenvalue weighted by molar-refractivity contribution is 5.99. The summed E-state index contributed by atoms with van der Waals surface area (Å²) in [5.74, 6) is -0.596. The van der Waals surface area contributed by atoms with Crippen molar-refractivity contribution in [3.63, 3.8) is 0 Å². The minimum absolute atomic E-state index is 0.0729. The molecule has 0 aromatic heterocycles. The van der Waals surface area contributed by atoms with E-state index in [0.29, 0.717) is 13.1 Å². The van der Waals surface area contributed by atoms with Crippen molar-refractivity contribution >= 4 is 28.5 Å². The van der Waals surface area contributed by atoms with Crippen molar-refractivity contribution in [1.29, 1.82) is 5.41 Å². The van der Waals surface area contributed by atoms with Crippen LogP contribution in [0.15, 0.2) is 91.0 Å². The first-order valence-electron chi connectivity index (χ1n) is 12.5. The van der Waals surface area contributed by atoms with E-state index in [0.717, 1.165) is 54.0 Å². The lowest BCUT2D eigenvalue weighted by Gasteiger charge is -2.34. The van der Waals surface area contributed by atoms with Crippen LogP contribution in [0.4, 0.5) is 0 Å². The Hall–Kier alpha value is -4.49. The highest BCUT2D eigenvalue weighted by Gasteiger charge is 2.24. The third-order valence-corrected chi connectivity index (χ3v) is 6.45. The summed E-state index contributed by atoms with van der Waals surface area (Å²) in [7, 11) is 0. The number of carbonyl (C=O) groups is 2. The first kappa shape index (κ1) is 26.6. The molecule has 4 N–H and O–H groups in total. The number of hydrogen-bond acceptors (Lipinski definition) is 4. The van der Waals surface area contributed by atoms with E-state index in [1.54, 1.807) is 0 Å². The van der Waals surface area contributed by atoms with Gasteiger partial charge >= 0.3 is 0 Å². The topological polar surface area (TPSA) is 111 Å². The second kappa shape index (κ2) is 12.2. The molecule has 0 radical (unpaired) electrons. The fourth-order valence-electron chi connectivity index (χ4n) is 4.53. The maximum absolute atomic E-state index is 12.9. The second-order valence-electron chi connectivity index (χ2n) is 9.42. The summed E-state index contributed by atoms with van der Waals surface area (Å²) in [5.41, 5.74) is 11.1. The molecule has 0 atom stereocenters. The molecule has 0 aliphatic carbocycles. The Labute approximate surface area is 222 Å². The molecule has 5 rings (SSSR count). The molecule has 0 bridgehead atoms. The molecule has 1 saturated heterocycles. The molecule has 1 aliphatic heterocycles. The number of carbonyl (C=O) groups excluding carboxylic acids is 1. The lowest BCUT2D eigenvalue weighted by atomic mass is 10.0. The average molecular weight is 509 g/mol. The van der Waals surface area contributed by atoms with Gasteiger partial charge in [-0.25, -0.2) is 0 Å². The first-order valence-corrected chi connectivity index (χ1v) is 12.5. The monoisotopic (exact) mass is 508 g/mol. The Balaban J connectivity index is 0.000000786. The maximum atomic E-state index is 12.9. The van der Waals surface area contributed by atoms with Gasteiger partial charge in [0.25, 0.3) is 5.97 Å². The van der Waals surface area contributed by atoms with Crippen molar-refractivity contribution in [2.24, 2.45) is 5.73 Å². The van der Waals surface area contributed by atoms with Crippen LogP contribution in [-0.2, 0) is 22.7 Å². The molecule has 0 saturated carbocycles. The van der Waals surface area contributed by atoms with Gasteiger partial charge in [0.1, 0.15) is 5.84 Å². The minimum atomic E-state index is -0.833. The van der Waals surface area contributed by atoms with Gasteiger partial charge in [0.05, 0.1) is 6.54 Å². The summed E-state index contributed by atoms with van der Waals surface area (Å²) in [6, 6.07) is 31.0. The van der Waals surface area contributed by atoms with Gasteiger partial charge in [-0.15, -0.1) is 0 Å². The molecule has 1 fully saturated rings. The number of nitrogens with one attached hydrogen (secondary N) is 1. The number of rotatable bonds is 6. The third kappa shape index (κ3) is 7.05. The minimum Gasteiger partial charge on any atom is -0.481 e. The Morgan fingerprint density at radius 3 is 2.13 bits per heavy atom. The molecule has 1 amide bonds. The predicted molar refractivity (Wildman–Crippen MR) is 151 cm³/mol. The van der Waals surface area contributed by atoms with Crippen molar-refractivity contribution in [2.45, 2.75) is 20.0 Å². The average Bonchev–Trinajstić information content (AvgIpc) is 2.90. The van der Waals surface area contributed by atoms with Gasteiger partial charge in [0, 0.05) is 38.7 Å². The van der Waals surface area contributed by atoms with Crippen molar-refractivity contribution in [1.82, 2.24) is 9.80 Å². The number of nitrogens with zero attached hydrogens (tertiary/aromatic N) is 2. The summed E-state index contributed by atoms with van der Waals surface area (Å²) in [6.07, 6.45) is 0. The van der Waals surface area contributed by atoms with Gasteiger partial charge in [0.15, 0.2) is 0 Å². The summed E-state index contributed by atoms with van der Waals surface area (Å²) >= 11 is 0. The number of aliphatic carboxylic acids is 1. The standard InChI is InChI=1S/C29H28N4O.C2H4O2/c30-29(31)26-13-12-25-11-8-22(16-27(25)17-26)18-32-14-15-33(28(34)20-32)19-21-6-9-24(10-7-21)23-4-2-1-3-5-23;1-2(3)4/h1-13,16-17H,14-15,18-20H2,(H3,30,31);1H3,(H,3,4). The van der Waals surface area contributed by atoms with Crippen molar-refractivity contribution in [3.05, 3.63) is 108 Å². The zero-order valence-corrected chi connectivity index (χ0v) is 21.4. The van der Waals surface area contributed by atoms with Crippen LogP contribution < -0.4 is 5.73 Å². The van der Waals surface area contributed by atoms with Crippen LogP contribution >= 0.6 is 0 Å². The van der Waals surface area contributed by atoms with E-state index in [2.05, 4.69) is 59.5 Å². The molecule has 0 unspecified atom stereocenters. The molecule has 38 heavy (non-hydrogen) atoms. The molecule has 0 spiro atoms. The fourth-order valence-corrected chi connectivity index (χ4v) is 4.53. The van der Waals surface area contributed by atoms with E-state index in [1.165, 1.54) is 11.1 Å². The van der Waals surface area contributed by atoms with E-state index < -0.39 is 5.97 Å². The lowest BCUT2D eigenvalue weighted by molar-refractivity contribution is -0.137. The molecule has 4 aromatic rings. The number of piperazine rings is 1. The predicted octanol–water partition coefficient (Wildman–Crippen LogP) is 4.73. The molecule has 4 aromatic carbocycles. The van der Waals surface area contributed by atoms with E-state index in [4.69, 9.17) is 21.0 Å². The number of benzene rings is 4. The van der Waals surface area contributed by atoms with Crippen LogP contribution in [0.3, 0.4) is 0 Å². The normalized spacial score (nSPS) is 13.6. The Morgan fingerprint density at radius 1 is 0.842 bits per heavy atom. The van der Waals surface area contributed by atoms with Crippen LogP contribution in [0, 0.1) is 5.41 Å². The number of nitrogen functional groups attached to an aromatic ring is 1. The van der Waals surface area contributed by atoms with Crippen LogP contribution in [-0.4, -0.2) is 52.3 Å². The number of carboxylic acid groups (broad SMARTS) is 1. The van der Waals surface area contributed by atoms with Gasteiger partial charge in [-0.1, -0.05) is 78.9 Å². The molecule has 1 heterocycles. The Kier molecular flexibility index (Phi) is 8.51. The summed E-state index contributed by atoms with van der Waals surface area (Å²) in [6.45, 7) is 4.45. The second-order valence-corrected chi connectivity index (χ2v) is 9.42. The summed E-state index contributed by atoms with van der Waals surface area (Å²) in [5, 5.41) is 17.3. The van der Waals surface area contributed by atoms with Gasteiger partial charge in [-0.3, -0.25) is 19.9 Å². The van der Waals surface area contributed by atoms with Crippen molar-refractivity contribution in [2.75, 3.05) is 19.6 Å². The molecule has 1 aliphatic rings. The Morgan fingerprint density at radius 2 is 1.47 bits per heavy atom. The number of amides is 1. The molecule has 7 heteroatoms. The molecule has 194 valence electrons. The van der Waals surface area contributed by atoms with E-state index >= 15 is 0 Å². The van der Waals surface area contributed by atoms with Crippen LogP contribution in [0.25, 0.3) is 21.9 Å². The quantitative estimate of drug-likeness (QED) is 0.258. The zero-order chi connectivity index (χ0) is 27.1. The number of amidine groups is 1. The maximum Gasteiger partial charge on any atom is 0.300 e. The van der Waals surface area contributed by atoms with E-state index in [-0.39, 0.29) is 11.7 Å². The number of fused-ring (bicyclic) bond motifs is 1. The zero-order valence-electron chi connectivity index (χ0n) is 21.4. The number of carboxylic acids is 1. The van der Waals surface area contributed by atoms with Gasteiger partial charge in [0.2, 0.25) is 5.91 Å². The van der Waals surface area contributed by atoms with Crippen LogP contribution in [0.1, 0.15) is 23.6 Å². The first-order chi connectivity index (χ1) is 18.3. The SMILES string of the molecule is CC(=O)O.N=C(N)c1ccc2ccc(CN3CCN(Cc4ccc(-c5ccccc5)cc4)C(=O)C3)cc2c1. The fraction of sp³-hybridized carbons (Fsp3) is 0.194. The summed E-state index contributed by atoms with van der Waals surface area (Å²) < 4.78 is 0. The number of hydrogen-bond donors (Lipinski definition) is 3. The molecular weight excluding hydrogens is 476 g/mol. The largest absolute Gasteiger partial charge is 0.481 e. The molecule has 7 nitrogen and oxygen atoms in total. The van der Waals surface area contributed by atoms with Gasteiger partial charge in [-0.2, -0.15) is 0 Å². The number of nitrogens with two attached hydrogens (primary N) is 1. The van der Waals surface area contributed by atoms with Gasteiger partial charge in [-0.05, 0) is 45.2 Å². The Bertz CT molecular complexity index is 1430. The highest BCUT2D eigenvalue weighted by Crippen LogP contribution is 2.22. The summed E-state index contributed by atoms with van der Waals surface area (Å²) in [4.78, 5) is 26.0. The van der Waals surface area contributed by atoms with Crippen molar-refractivity contribution in [3.8, 4) is 11.1 Å². The van der Waals surface area contributed by atoms with Gasteiger partial charge < -0.3 is 15.7 Å². The van der Waals surface area contributed by atoms with E-state index in [9.17, 15) is 4.79 Å².